The van der Waals surface area contributed by atoms with Crippen LogP contribution in [0, 0.1) is 18.6 Å². The molecule has 2 N–H and O–H groups in total. The number of rotatable bonds is 6. The maximum absolute atomic E-state index is 13.8. The van der Waals surface area contributed by atoms with Gasteiger partial charge >= 0.3 is 6.03 Å². The second kappa shape index (κ2) is 11.9. The van der Waals surface area contributed by atoms with Gasteiger partial charge < -0.3 is 20.4 Å². The highest BCUT2D eigenvalue weighted by atomic mass is 19.1. The number of carbonyl (C=O) groups is 2. The maximum atomic E-state index is 13.8. The average molecular weight is 542 g/mol. The number of nitrogens with zero attached hydrogens (tertiary/aromatic N) is 3. The highest BCUT2D eigenvalue weighted by Gasteiger charge is 2.26. The molecule has 0 unspecified atom stereocenters. The molecule has 0 aliphatic carbocycles. The van der Waals surface area contributed by atoms with Crippen molar-refractivity contribution in [1.82, 2.24) is 20.1 Å². The lowest BCUT2D eigenvalue weighted by atomic mass is 10.0. The zero-order chi connectivity index (χ0) is 28.1. The first kappa shape index (κ1) is 26.8. The zero-order valence-corrected chi connectivity index (χ0v) is 22.0. The SMILES string of the molecule is Cc1cc(C(=O)N2CCCC=C3C=CN(Cc4cccnc4)C=C32)ccc1CNC(=O)Nc1c(F)cccc1F. The molecule has 0 fully saturated rings. The molecular formula is C31H29F2N5O2. The second-order valence-corrected chi connectivity index (χ2v) is 9.67. The number of allylic oxidation sites excluding steroid dienone is 2. The molecule has 2 aromatic carbocycles. The lowest BCUT2D eigenvalue weighted by Gasteiger charge is -2.30. The van der Waals surface area contributed by atoms with Crippen molar-refractivity contribution in [1.29, 1.82) is 0 Å². The van der Waals surface area contributed by atoms with Crippen molar-refractivity contribution < 1.29 is 18.4 Å². The molecule has 5 rings (SSSR count). The third kappa shape index (κ3) is 6.09. The summed E-state index contributed by atoms with van der Waals surface area (Å²) in [5.41, 5.74) is 4.56. The molecule has 0 bridgehead atoms. The van der Waals surface area contributed by atoms with E-state index >= 15 is 0 Å². The van der Waals surface area contributed by atoms with Gasteiger partial charge in [0.1, 0.15) is 17.3 Å². The Morgan fingerprint density at radius 1 is 1.07 bits per heavy atom. The van der Waals surface area contributed by atoms with Gasteiger partial charge in [0.05, 0.1) is 5.70 Å². The summed E-state index contributed by atoms with van der Waals surface area (Å²) in [6, 6.07) is 11.9. The summed E-state index contributed by atoms with van der Waals surface area (Å²) < 4.78 is 27.7. The third-order valence-electron chi connectivity index (χ3n) is 6.83. The summed E-state index contributed by atoms with van der Waals surface area (Å²) in [4.78, 5) is 34.0. The van der Waals surface area contributed by atoms with Gasteiger partial charge in [-0.25, -0.2) is 13.6 Å². The molecule has 0 radical (unpaired) electrons. The fourth-order valence-electron chi connectivity index (χ4n) is 4.71. The number of nitrogens with one attached hydrogen (secondary N) is 2. The van der Waals surface area contributed by atoms with Crippen molar-refractivity contribution in [2.45, 2.75) is 32.9 Å². The number of halogens is 2. The highest BCUT2D eigenvalue weighted by molar-refractivity contribution is 5.96. The number of hydrogen-bond acceptors (Lipinski definition) is 4. The number of anilines is 1. The molecular weight excluding hydrogens is 512 g/mol. The Bertz CT molecular complexity index is 1500. The van der Waals surface area contributed by atoms with Gasteiger partial charge in [-0.15, -0.1) is 0 Å². The van der Waals surface area contributed by atoms with E-state index < -0.39 is 23.4 Å². The van der Waals surface area contributed by atoms with Crippen LogP contribution in [-0.4, -0.2) is 33.3 Å². The van der Waals surface area contributed by atoms with Gasteiger partial charge in [-0.05, 0) is 78.4 Å². The Morgan fingerprint density at radius 2 is 1.90 bits per heavy atom. The summed E-state index contributed by atoms with van der Waals surface area (Å²) >= 11 is 0. The van der Waals surface area contributed by atoms with E-state index in [1.54, 1.807) is 24.4 Å². The third-order valence-corrected chi connectivity index (χ3v) is 6.83. The molecule has 3 heterocycles. The number of para-hydroxylation sites is 1. The van der Waals surface area contributed by atoms with Crippen molar-refractivity contribution in [3.8, 4) is 0 Å². The van der Waals surface area contributed by atoms with Crippen LogP contribution in [0.15, 0.2) is 96.7 Å². The van der Waals surface area contributed by atoms with E-state index in [1.165, 1.54) is 6.07 Å². The first-order chi connectivity index (χ1) is 19.4. The Labute approximate surface area is 231 Å². The van der Waals surface area contributed by atoms with Crippen molar-refractivity contribution in [2.24, 2.45) is 0 Å². The molecule has 3 aromatic rings. The van der Waals surface area contributed by atoms with Gasteiger partial charge in [0, 0.05) is 50.0 Å². The Morgan fingerprint density at radius 3 is 2.65 bits per heavy atom. The predicted molar refractivity (Wildman–Crippen MR) is 149 cm³/mol. The van der Waals surface area contributed by atoms with E-state index in [0.717, 1.165) is 52.9 Å². The van der Waals surface area contributed by atoms with Crippen LogP contribution in [0.4, 0.5) is 19.3 Å². The predicted octanol–water partition coefficient (Wildman–Crippen LogP) is 6.02. The number of benzene rings is 2. The minimum Gasteiger partial charge on any atom is -0.348 e. The van der Waals surface area contributed by atoms with E-state index in [0.29, 0.717) is 18.7 Å². The van der Waals surface area contributed by atoms with E-state index in [-0.39, 0.29) is 12.5 Å². The van der Waals surface area contributed by atoms with Gasteiger partial charge in [-0.1, -0.05) is 24.3 Å². The minimum atomic E-state index is -0.857. The van der Waals surface area contributed by atoms with Crippen LogP contribution in [0.25, 0.3) is 0 Å². The van der Waals surface area contributed by atoms with E-state index in [9.17, 15) is 18.4 Å². The monoisotopic (exact) mass is 541 g/mol. The van der Waals surface area contributed by atoms with Crippen LogP contribution in [-0.2, 0) is 13.1 Å². The number of carbonyl (C=O) groups excluding carboxylic acids is 2. The number of hydrogen-bond donors (Lipinski definition) is 2. The van der Waals surface area contributed by atoms with Gasteiger partial charge in [0.25, 0.3) is 5.91 Å². The number of amides is 3. The molecule has 204 valence electrons. The molecule has 2 aliphatic heterocycles. The lowest BCUT2D eigenvalue weighted by Crippen LogP contribution is -2.33. The van der Waals surface area contributed by atoms with E-state index in [4.69, 9.17) is 0 Å². The summed E-state index contributed by atoms with van der Waals surface area (Å²) in [7, 11) is 0. The number of aryl methyl sites for hydroxylation is 1. The Balaban J connectivity index is 1.28. The molecule has 0 saturated carbocycles. The quantitative estimate of drug-likeness (QED) is 0.400. The smallest absolute Gasteiger partial charge is 0.319 e. The zero-order valence-electron chi connectivity index (χ0n) is 22.0. The first-order valence-electron chi connectivity index (χ1n) is 13.0. The van der Waals surface area contributed by atoms with Crippen LogP contribution < -0.4 is 10.6 Å². The highest BCUT2D eigenvalue weighted by Crippen LogP contribution is 2.29. The van der Waals surface area contributed by atoms with Crippen LogP contribution in [0.3, 0.4) is 0 Å². The molecule has 3 amide bonds. The second-order valence-electron chi connectivity index (χ2n) is 9.67. The van der Waals surface area contributed by atoms with Gasteiger partial charge in [0.15, 0.2) is 0 Å². The largest absolute Gasteiger partial charge is 0.348 e. The lowest BCUT2D eigenvalue weighted by molar-refractivity contribution is 0.0807. The van der Waals surface area contributed by atoms with Crippen molar-refractivity contribution in [3.63, 3.8) is 0 Å². The van der Waals surface area contributed by atoms with E-state index in [1.807, 2.05) is 53.5 Å². The van der Waals surface area contributed by atoms with Crippen LogP contribution in [0.1, 0.15) is 39.9 Å². The fourth-order valence-corrected chi connectivity index (χ4v) is 4.71. The van der Waals surface area contributed by atoms with Crippen molar-refractivity contribution in [2.75, 3.05) is 11.9 Å². The summed E-state index contributed by atoms with van der Waals surface area (Å²) in [6.45, 7) is 3.21. The van der Waals surface area contributed by atoms with Crippen LogP contribution in [0.5, 0.6) is 0 Å². The number of urea groups is 1. The van der Waals surface area contributed by atoms with Crippen LogP contribution >= 0.6 is 0 Å². The topological polar surface area (TPSA) is 77.6 Å². The molecule has 2 aliphatic rings. The van der Waals surface area contributed by atoms with Gasteiger partial charge in [-0.2, -0.15) is 0 Å². The van der Waals surface area contributed by atoms with Gasteiger partial charge in [-0.3, -0.25) is 9.78 Å². The normalized spacial score (nSPS) is 14.6. The molecule has 1 aromatic heterocycles. The standard InChI is InChI=1S/C31H29F2N5O2/c1-21-16-24(10-11-25(21)18-35-31(40)36-29-26(32)8-4-9-27(29)33)30(39)38-14-3-2-7-23-12-15-37(20-28(23)38)19-22-6-5-13-34-17-22/h4-13,15-17,20H,2-3,14,18-19H2,1H3,(H2,35,36,40). The molecule has 7 nitrogen and oxygen atoms in total. The maximum Gasteiger partial charge on any atom is 0.319 e. The molecule has 0 spiro atoms. The van der Waals surface area contributed by atoms with Crippen LogP contribution in [0.2, 0.25) is 0 Å². The average Bonchev–Trinajstić information content (AvgIpc) is 3.17. The van der Waals surface area contributed by atoms with Crippen molar-refractivity contribution >= 4 is 17.6 Å². The molecule has 9 heteroatoms. The summed E-state index contributed by atoms with van der Waals surface area (Å²) in [6.07, 6.45) is 13.5. The Hall–Kier alpha value is -4.79. The molecule has 0 atom stereocenters. The summed E-state index contributed by atoms with van der Waals surface area (Å²) in [5, 5.41) is 4.82. The number of pyridine rings is 1. The fraction of sp³-hybridized carbons (Fsp3) is 0.194. The first-order valence-corrected chi connectivity index (χ1v) is 13.0. The van der Waals surface area contributed by atoms with E-state index in [2.05, 4.69) is 21.7 Å². The molecule has 0 saturated heterocycles. The molecule has 40 heavy (non-hydrogen) atoms. The number of fused-ring (bicyclic) bond motifs is 1. The Kier molecular flexibility index (Phi) is 8.00. The van der Waals surface area contributed by atoms with Crippen molar-refractivity contribution in [3.05, 3.63) is 131 Å². The van der Waals surface area contributed by atoms with Gasteiger partial charge in [0.2, 0.25) is 0 Å². The summed E-state index contributed by atoms with van der Waals surface area (Å²) in [5.74, 6) is -1.82. The number of aromatic nitrogens is 1. The minimum absolute atomic E-state index is 0.106.